The van der Waals surface area contributed by atoms with E-state index in [1.165, 1.54) is 11.1 Å². The van der Waals surface area contributed by atoms with Gasteiger partial charge in [0.15, 0.2) is 0 Å². The van der Waals surface area contributed by atoms with E-state index in [2.05, 4.69) is 24.4 Å². The number of nitrogens with one attached hydrogen (secondary N) is 1. The number of carbonyl (C=O) groups excluding carboxylic acids is 1. The zero-order valence-corrected chi connectivity index (χ0v) is 11.9. The van der Waals surface area contributed by atoms with Crippen molar-refractivity contribution in [2.75, 3.05) is 0 Å². The van der Waals surface area contributed by atoms with Crippen LogP contribution < -0.4 is 11.1 Å². The number of aryl methyl sites for hydroxylation is 1. The summed E-state index contributed by atoms with van der Waals surface area (Å²) < 4.78 is 0. The van der Waals surface area contributed by atoms with Gasteiger partial charge in [-0.1, -0.05) is 37.1 Å². The average molecular weight is 260 g/mol. The Labute approximate surface area is 115 Å². The molecule has 3 heteroatoms. The van der Waals surface area contributed by atoms with Gasteiger partial charge in [0.05, 0.1) is 6.04 Å². The predicted molar refractivity (Wildman–Crippen MR) is 77.7 cm³/mol. The maximum Gasteiger partial charge on any atom is 0.222 e. The molecule has 0 aliphatic heterocycles. The molecule has 0 aromatic heterocycles. The standard InChI is InChI=1S/C16H24N2O/c1-12-7-3-4-8-14(12)13(2)18-15(19)11-16(17)9-5-6-10-16/h3-4,7-8,13H,5-6,9-11,17H2,1-2H3,(H,18,19)/t13-/m0/s1. The molecule has 1 aliphatic carbocycles. The van der Waals surface area contributed by atoms with Crippen LogP contribution in [0.5, 0.6) is 0 Å². The Morgan fingerprint density at radius 1 is 1.37 bits per heavy atom. The molecule has 3 nitrogen and oxygen atoms in total. The normalized spacial score (nSPS) is 19.1. The van der Waals surface area contributed by atoms with Crippen LogP contribution in [0.4, 0.5) is 0 Å². The Balaban J connectivity index is 1.94. The van der Waals surface area contributed by atoms with Crippen molar-refractivity contribution in [2.45, 2.75) is 57.5 Å². The number of carbonyl (C=O) groups is 1. The van der Waals surface area contributed by atoms with Crippen molar-refractivity contribution in [1.29, 1.82) is 0 Å². The highest BCUT2D eigenvalue weighted by Crippen LogP contribution is 2.30. The second-order valence-electron chi connectivity index (χ2n) is 5.89. The minimum atomic E-state index is -0.268. The van der Waals surface area contributed by atoms with Gasteiger partial charge < -0.3 is 11.1 Å². The van der Waals surface area contributed by atoms with E-state index in [0.29, 0.717) is 6.42 Å². The Hall–Kier alpha value is -1.35. The van der Waals surface area contributed by atoms with Gasteiger partial charge in [-0.15, -0.1) is 0 Å². The van der Waals surface area contributed by atoms with Crippen LogP contribution in [-0.4, -0.2) is 11.4 Å². The second kappa shape index (κ2) is 5.74. The Bertz CT molecular complexity index is 450. The van der Waals surface area contributed by atoms with Gasteiger partial charge in [-0.2, -0.15) is 0 Å². The first-order valence-electron chi connectivity index (χ1n) is 7.14. The molecular weight excluding hydrogens is 236 g/mol. The summed E-state index contributed by atoms with van der Waals surface area (Å²) in [5.74, 6) is 0.0696. The number of hydrogen-bond donors (Lipinski definition) is 2. The third kappa shape index (κ3) is 3.57. The predicted octanol–water partition coefficient (Wildman–Crippen LogP) is 2.83. The summed E-state index contributed by atoms with van der Waals surface area (Å²) in [6, 6.07) is 8.19. The van der Waals surface area contributed by atoms with Crippen LogP contribution in [0, 0.1) is 6.92 Å². The first kappa shape index (κ1) is 14.1. The van der Waals surface area contributed by atoms with Crippen molar-refractivity contribution >= 4 is 5.91 Å². The van der Waals surface area contributed by atoms with Crippen LogP contribution in [0.3, 0.4) is 0 Å². The molecule has 104 valence electrons. The zero-order chi connectivity index (χ0) is 13.9. The lowest BCUT2D eigenvalue weighted by molar-refractivity contribution is -0.122. The van der Waals surface area contributed by atoms with E-state index >= 15 is 0 Å². The molecule has 1 saturated carbocycles. The summed E-state index contributed by atoms with van der Waals surface area (Å²) >= 11 is 0. The number of hydrogen-bond acceptors (Lipinski definition) is 2. The fraction of sp³-hybridized carbons (Fsp3) is 0.562. The summed E-state index contributed by atoms with van der Waals surface area (Å²) in [6.07, 6.45) is 4.69. The quantitative estimate of drug-likeness (QED) is 0.874. The van der Waals surface area contributed by atoms with E-state index in [9.17, 15) is 4.79 Å². The van der Waals surface area contributed by atoms with Gasteiger partial charge in [0.1, 0.15) is 0 Å². The van der Waals surface area contributed by atoms with Gasteiger partial charge in [0.2, 0.25) is 5.91 Å². The molecule has 0 spiro atoms. The molecule has 0 radical (unpaired) electrons. The summed E-state index contributed by atoms with van der Waals surface area (Å²) in [4.78, 5) is 12.1. The van der Waals surface area contributed by atoms with Crippen LogP contribution in [0.1, 0.15) is 56.2 Å². The maximum atomic E-state index is 12.1. The molecule has 3 N–H and O–H groups in total. The molecule has 1 atom stereocenters. The van der Waals surface area contributed by atoms with E-state index in [-0.39, 0.29) is 17.5 Å². The fourth-order valence-corrected chi connectivity index (χ4v) is 3.02. The van der Waals surface area contributed by atoms with Crippen molar-refractivity contribution in [3.8, 4) is 0 Å². The molecule has 0 unspecified atom stereocenters. The van der Waals surface area contributed by atoms with Crippen LogP contribution >= 0.6 is 0 Å². The van der Waals surface area contributed by atoms with Crippen molar-refractivity contribution < 1.29 is 4.79 Å². The largest absolute Gasteiger partial charge is 0.350 e. The van der Waals surface area contributed by atoms with Crippen molar-refractivity contribution in [3.63, 3.8) is 0 Å². The number of nitrogens with two attached hydrogens (primary N) is 1. The first-order chi connectivity index (χ1) is 9.00. The Kier molecular flexibility index (Phi) is 4.25. The maximum absolute atomic E-state index is 12.1. The van der Waals surface area contributed by atoms with Crippen molar-refractivity contribution in [3.05, 3.63) is 35.4 Å². The van der Waals surface area contributed by atoms with Gasteiger partial charge in [-0.25, -0.2) is 0 Å². The lowest BCUT2D eigenvalue weighted by atomic mass is 9.94. The first-order valence-corrected chi connectivity index (χ1v) is 7.14. The second-order valence-corrected chi connectivity index (χ2v) is 5.89. The third-order valence-electron chi connectivity index (χ3n) is 4.14. The molecule has 0 heterocycles. The zero-order valence-electron chi connectivity index (χ0n) is 11.9. The average Bonchev–Trinajstić information content (AvgIpc) is 2.75. The van der Waals surface area contributed by atoms with E-state index in [0.717, 1.165) is 25.7 Å². The van der Waals surface area contributed by atoms with Gasteiger partial charge in [-0.3, -0.25) is 4.79 Å². The fourth-order valence-electron chi connectivity index (χ4n) is 3.02. The van der Waals surface area contributed by atoms with Gasteiger partial charge in [-0.05, 0) is 37.8 Å². The third-order valence-corrected chi connectivity index (χ3v) is 4.14. The molecule has 1 aliphatic rings. The van der Waals surface area contributed by atoms with Gasteiger partial charge in [0.25, 0.3) is 0 Å². The number of benzene rings is 1. The smallest absolute Gasteiger partial charge is 0.222 e. The monoisotopic (exact) mass is 260 g/mol. The molecule has 1 aromatic rings. The summed E-state index contributed by atoms with van der Waals surface area (Å²) in [5.41, 5.74) is 8.36. The van der Waals surface area contributed by atoms with E-state index in [1.54, 1.807) is 0 Å². The highest BCUT2D eigenvalue weighted by Gasteiger charge is 2.32. The Morgan fingerprint density at radius 3 is 2.63 bits per heavy atom. The summed E-state index contributed by atoms with van der Waals surface area (Å²) in [5, 5.41) is 3.07. The van der Waals surface area contributed by atoms with Gasteiger partial charge in [0, 0.05) is 12.0 Å². The lowest BCUT2D eigenvalue weighted by Gasteiger charge is -2.24. The molecule has 1 amide bonds. The number of rotatable bonds is 4. The molecule has 2 rings (SSSR count). The molecule has 1 fully saturated rings. The topological polar surface area (TPSA) is 55.1 Å². The van der Waals surface area contributed by atoms with Crippen LogP contribution in [0.15, 0.2) is 24.3 Å². The molecule has 0 saturated heterocycles. The lowest BCUT2D eigenvalue weighted by Crippen LogP contribution is -2.42. The van der Waals surface area contributed by atoms with Crippen LogP contribution in [0.2, 0.25) is 0 Å². The molecule has 0 bridgehead atoms. The highest BCUT2D eigenvalue weighted by atomic mass is 16.1. The van der Waals surface area contributed by atoms with E-state index < -0.39 is 0 Å². The van der Waals surface area contributed by atoms with E-state index in [1.807, 2.05) is 19.1 Å². The molecular formula is C16H24N2O. The SMILES string of the molecule is Cc1ccccc1[C@H](C)NC(=O)CC1(N)CCCC1. The summed E-state index contributed by atoms with van der Waals surface area (Å²) in [6.45, 7) is 4.09. The van der Waals surface area contributed by atoms with Gasteiger partial charge >= 0.3 is 0 Å². The molecule has 19 heavy (non-hydrogen) atoms. The molecule has 1 aromatic carbocycles. The minimum Gasteiger partial charge on any atom is -0.350 e. The van der Waals surface area contributed by atoms with Crippen LogP contribution in [0.25, 0.3) is 0 Å². The minimum absolute atomic E-state index is 0.0405. The van der Waals surface area contributed by atoms with Crippen molar-refractivity contribution in [1.82, 2.24) is 5.32 Å². The van der Waals surface area contributed by atoms with Crippen molar-refractivity contribution in [2.24, 2.45) is 5.73 Å². The highest BCUT2D eigenvalue weighted by molar-refractivity contribution is 5.77. The van der Waals surface area contributed by atoms with E-state index in [4.69, 9.17) is 5.73 Å². The summed E-state index contributed by atoms with van der Waals surface area (Å²) in [7, 11) is 0. The van der Waals surface area contributed by atoms with Crippen LogP contribution in [-0.2, 0) is 4.79 Å². The number of amides is 1. The Morgan fingerprint density at radius 2 is 2.00 bits per heavy atom.